The number of carbonyl (C=O) groups is 3. The van der Waals surface area contributed by atoms with Gasteiger partial charge in [0.05, 0.1) is 6.61 Å². The number of nitrogens with one attached hydrogen (secondary N) is 1. The number of carbonyl (C=O) groups excluding carboxylic acids is 1. The SMILES string of the molecule is CCOC(=O)C=C(C)N[C@@H](CCC(=O)O)C(=O)O.[NaH]. The van der Waals surface area contributed by atoms with Gasteiger partial charge in [-0.05, 0) is 20.3 Å². The zero-order valence-electron chi connectivity index (χ0n) is 10.3. The van der Waals surface area contributed by atoms with Crippen LogP contribution in [-0.4, -0.2) is 70.3 Å². The van der Waals surface area contributed by atoms with Crippen molar-refractivity contribution in [2.75, 3.05) is 6.61 Å². The number of hydrogen-bond donors (Lipinski definition) is 3. The Balaban J connectivity index is 0. The van der Waals surface area contributed by atoms with Crippen LogP contribution in [0, 0.1) is 0 Å². The van der Waals surface area contributed by atoms with Gasteiger partial charge in [0.2, 0.25) is 0 Å². The normalized spacial score (nSPS) is 12.0. The number of hydrogen-bond acceptors (Lipinski definition) is 5. The Hall–Kier alpha value is -1.05. The van der Waals surface area contributed by atoms with Gasteiger partial charge < -0.3 is 20.3 Å². The second kappa shape index (κ2) is 10.8. The molecule has 1 atom stereocenters. The molecular weight excluding hydrogens is 265 g/mol. The molecule has 0 fully saturated rings. The van der Waals surface area contributed by atoms with Crippen molar-refractivity contribution in [1.29, 1.82) is 0 Å². The van der Waals surface area contributed by atoms with E-state index in [0.717, 1.165) is 6.08 Å². The average molecular weight is 283 g/mol. The Morgan fingerprint density at radius 2 is 1.89 bits per heavy atom. The Morgan fingerprint density at radius 1 is 1.32 bits per heavy atom. The topological polar surface area (TPSA) is 113 Å². The second-order valence-electron chi connectivity index (χ2n) is 3.55. The third kappa shape index (κ3) is 10.5. The molecule has 0 aromatic rings. The van der Waals surface area contributed by atoms with Crippen LogP contribution in [0.5, 0.6) is 0 Å². The summed E-state index contributed by atoms with van der Waals surface area (Å²) in [7, 11) is 0. The first kappa shape index (κ1) is 20.3. The van der Waals surface area contributed by atoms with Gasteiger partial charge >= 0.3 is 47.5 Å². The van der Waals surface area contributed by atoms with E-state index in [0.29, 0.717) is 5.70 Å². The summed E-state index contributed by atoms with van der Waals surface area (Å²) in [6.45, 7) is 3.39. The second-order valence-corrected chi connectivity index (χ2v) is 3.55. The van der Waals surface area contributed by atoms with Gasteiger partial charge in [-0.1, -0.05) is 0 Å². The van der Waals surface area contributed by atoms with E-state index < -0.39 is 23.9 Å². The first-order valence-electron chi connectivity index (χ1n) is 5.43. The molecule has 0 amide bonds. The first-order chi connectivity index (χ1) is 8.36. The van der Waals surface area contributed by atoms with Crippen LogP contribution in [0.15, 0.2) is 11.8 Å². The summed E-state index contributed by atoms with van der Waals surface area (Å²) in [6.07, 6.45) is 0.787. The van der Waals surface area contributed by atoms with Gasteiger partial charge in [0.25, 0.3) is 0 Å². The van der Waals surface area contributed by atoms with Crippen LogP contribution >= 0.6 is 0 Å². The number of carboxylic acid groups (broad SMARTS) is 2. The van der Waals surface area contributed by atoms with Crippen LogP contribution in [0.2, 0.25) is 0 Å². The molecule has 0 aromatic heterocycles. The molecular formula is C11H18NNaO6. The molecule has 0 saturated heterocycles. The van der Waals surface area contributed by atoms with Gasteiger partial charge in [0, 0.05) is 18.2 Å². The van der Waals surface area contributed by atoms with Crippen molar-refractivity contribution in [2.45, 2.75) is 32.7 Å². The van der Waals surface area contributed by atoms with Crippen molar-refractivity contribution in [3.05, 3.63) is 11.8 Å². The molecule has 0 bridgehead atoms. The number of aliphatic carboxylic acids is 2. The number of carboxylic acids is 2. The van der Waals surface area contributed by atoms with Crippen molar-refractivity contribution >= 4 is 47.5 Å². The quantitative estimate of drug-likeness (QED) is 0.319. The summed E-state index contributed by atoms with van der Waals surface area (Å²) in [5.41, 5.74) is 0.311. The van der Waals surface area contributed by atoms with E-state index in [-0.39, 0.29) is 49.0 Å². The minimum atomic E-state index is -1.17. The van der Waals surface area contributed by atoms with E-state index in [1.165, 1.54) is 6.92 Å². The van der Waals surface area contributed by atoms with E-state index in [1.807, 2.05) is 0 Å². The summed E-state index contributed by atoms with van der Waals surface area (Å²) >= 11 is 0. The fourth-order valence-electron chi connectivity index (χ4n) is 1.20. The van der Waals surface area contributed by atoms with Crippen molar-refractivity contribution in [3.8, 4) is 0 Å². The maximum absolute atomic E-state index is 11.1. The van der Waals surface area contributed by atoms with E-state index in [9.17, 15) is 14.4 Å². The van der Waals surface area contributed by atoms with Gasteiger partial charge in [-0.25, -0.2) is 9.59 Å². The maximum atomic E-state index is 11.1. The van der Waals surface area contributed by atoms with Crippen LogP contribution in [0.4, 0.5) is 0 Å². The van der Waals surface area contributed by atoms with Crippen LogP contribution in [-0.2, 0) is 19.1 Å². The zero-order valence-corrected chi connectivity index (χ0v) is 10.3. The number of rotatable bonds is 8. The molecule has 0 saturated carbocycles. The van der Waals surface area contributed by atoms with Crippen LogP contribution in [0.1, 0.15) is 26.7 Å². The molecule has 0 aliphatic carbocycles. The first-order valence-corrected chi connectivity index (χ1v) is 5.43. The summed E-state index contributed by atoms with van der Waals surface area (Å²) in [4.78, 5) is 32.3. The van der Waals surface area contributed by atoms with Gasteiger partial charge in [0.15, 0.2) is 0 Å². The standard InChI is InChI=1S/C11H17NO6.Na.H/c1-3-18-10(15)6-7(2)12-8(11(16)17)4-5-9(13)14;;/h6,8,12H,3-5H2,1-2H3,(H,13,14)(H,16,17);;/t8-;;/m0../s1. The fourth-order valence-corrected chi connectivity index (χ4v) is 1.20. The molecule has 0 aliphatic rings. The van der Waals surface area contributed by atoms with E-state index in [1.54, 1.807) is 6.92 Å². The molecule has 0 aliphatic heterocycles. The Labute approximate surface area is 133 Å². The van der Waals surface area contributed by atoms with Gasteiger partial charge in [-0.3, -0.25) is 4.79 Å². The summed E-state index contributed by atoms with van der Waals surface area (Å²) in [5.74, 6) is -2.83. The van der Waals surface area contributed by atoms with E-state index in [4.69, 9.17) is 10.2 Å². The van der Waals surface area contributed by atoms with Crippen molar-refractivity contribution in [3.63, 3.8) is 0 Å². The molecule has 104 valence electrons. The van der Waals surface area contributed by atoms with Crippen LogP contribution < -0.4 is 5.32 Å². The van der Waals surface area contributed by atoms with Crippen molar-refractivity contribution < 1.29 is 29.3 Å². The summed E-state index contributed by atoms with van der Waals surface area (Å²) in [5, 5.41) is 19.9. The third-order valence-corrected chi connectivity index (χ3v) is 1.97. The molecule has 0 spiro atoms. The Morgan fingerprint density at radius 3 is 2.32 bits per heavy atom. The average Bonchev–Trinajstić information content (AvgIpc) is 2.23. The monoisotopic (exact) mass is 283 g/mol. The molecule has 0 radical (unpaired) electrons. The molecule has 0 rings (SSSR count). The molecule has 19 heavy (non-hydrogen) atoms. The molecule has 0 aromatic carbocycles. The van der Waals surface area contributed by atoms with Crippen molar-refractivity contribution in [2.24, 2.45) is 0 Å². The van der Waals surface area contributed by atoms with Crippen molar-refractivity contribution in [1.82, 2.24) is 5.32 Å². The molecule has 7 nitrogen and oxygen atoms in total. The molecule has 3 N–H and O–H groups in total. The van der Waals surface area contributed by atoms with E-state index >= 15 is 0 Å². The van der Waals surface area contributed by atoms with Crippen LogP contribution in [0.25, 0.3) is 0 Å². The Bertz CT molecular complexity index is 355. The van der Waals surface area contributed by atoms with Gasteiger partial charge in [-0.2, -0.15) is 0 Å². The third-order valence-electron chi connectivity index (χ3n) is 1.97. The number of allylic oxidation sites excluding steroid dienone is 1. The van der Waals surface area contributed by atoms with E-state index in [2.05, 4.69) is 10.1 Å². The number of ether oxygens (including phenoxy) is 1. The van der Waals surface area contributed by atoms with Crippen LogP contribution in [0.3, 0.4) is 0 Å². The van der Waals surface area contributed by atoms with Gasteiger partial charge in [-0.15, -0.1) is 0 Å². The fraction of sp³-hybridized carbons (Fsp3) is 0.545. The molecule has 0 unspecified atom stereocenters. The summed E-state index contributed by atoms with van der Waals surface area (Å²) in [6, 6.07) is -1.05. The van der Waals surface area contributed by atoms with Gasteiger partial charge in [0.1, 0.15) is 6.04 Å². The molecule has 8 heteroatoms. The summed E-state index contributed by atoms with van der Waals surface area (Å²) < 4.78 is 4.66. The minimum absolute atomic E-state index is 0. The number of esters is 1. The zero-order chi connectivity index (χ0) is 14.1. The Kier molecular flexibility index (Phi) is 11.6. The molecule has 0 heterocycles. The predicted molar refractivity (Wildman–Crippen MR) is 69.0 cm³/mol. The predicted octanol–water partition coefficient (Wildman–Crippen LogP) is -0.288.